The fraction of sp³-hybridized carbons (Fsp3) is 0.364. The van der Waals surface area contributed by atoms with Crippen molar-refractivity contribution in [3.8, 4) is 0 Å². The number of carbonyl (C=O) groups excluding carboxylic acids is 2. The quantitative estimate of drug-likeness (QED) is 0.700. The molecule has 0 fully saturated rings. The van der Waals surface area contributed by atoms with Crippen LogP contribution in [0.3, 0.4) is 0 Å². The van der Waals surface area contributed by atoms with Crippen LogP contribution in [0.25, 0.3) is 0 Å². The summed E-state index contributed by atoms with van der Waals surface area (Å²) in [5, 5.41) is 0. The number of rotatable bonds is 5. The molecule has 0 saturated heterocycles. The summed E-state index contributed by atoms with van der Waals surface area (Å²) in [6.45, 7) is 2.30. The number of primary amides is 1. The van der Waals surface area contributed by atoms with Crippen LogP contribution < -0.4 is 16.4 Å². The highest BCUT2D eigenvalue weighted by atomic mass is 16.5. The summed E-state index contributed by atoms with van der Waals surface area (Å²) in [6, 6.07) is 3.00. The number of likely N-dealkylation sites (N-methyl/N-ethyl adjacent to an activating group) is 1. The lowest BCUT2D eigenvalue weighted by molar-refractivity contribution is -0.116. The molecule has 0 aromatic carbocycles. The van der Waals surface area contributed by atoms with Crippen LogP contribution in [0.2, 0.25) is 0 Å². The van der Waals surface area contributed by atoms with E-state index in [9.17, 15) is 9.59 Å². The van der Waals surface area contributed by atoms with E-state index in [-0.39, 0.29) is 12.2 Å². The summed E-state index contributed by atoms with van der Waals surface area (Å²) in [7, 11) is 1.26. The van der Waals surface area contributed by atoms with Crippen molar-refractivity contribution >= 4 is 23.4 Å². The predicted molar refractivity (Wildman–Crippen MR) is 67.1 cm³/mol. The number of pyridine rings is 1. The Morgan fingerprint density at radius 2 is 2.11 bits per heavy atom. The molecular formula is C11H16N4O3. The molecule has 0 spiro atoms. The van der Waals surface area contributed by atoms with Gasteiger partial charge in [-0.15, -0.1) is 0 Å². The minimum Gasteiger partial charge on any atom is -0.464 e. The summed E-state index contributed by atoms with van der Waals surface area (Å²) in [6.07, 6.45) is 0. The van der Waals surface area contributed by atoms with Gasteiger partial charge in [0.15, 0.2) is 11.5 Å². The molecule has 4 N–H and O–H groups in total. The van der Waals surface area contributed by atoms with E-state index in [0.717, 1.165) is 0 Å². The largest absolute Gasteiger partial charge is 0.464 e. The highest BCUT2D eigenvalue weighted by Crippen LogP contribution is 2.20. The van der Waals surface area contributed by atoms with Gasteiger partial charge in [-0.25, -0.2) is 9.78 Å². The van der Waals surface area contributed by atoms with Gasteiger partial charge in [0.2, 0.25) is 5.91 Å². The molecule has 18 heavy (non-hydrogen) atoms. The minimum atomic E-state index is -0.564. The monoisotopic (exact) mass is 252 g/mol. The SMILES string of the molecule is CCN(CC(N)=O)c1nc(C(=O)OC)ccc1N. The first-order valence-corrected chi connectivity index (χ1v) is 5.37. The van der Waals surface area contributed by atoms with E-state index in [1.807, 2.05) is 6.92 Å². The van der Waals surface area contributed by atoms with Crippen LogP contribution in [0.1, 0.15) is 17.4 Å². The smallest absolute Gasteiger partial charge is 0.356 e. The third kappa shape index (κ3) is 3.09. The summed E-state index contributed by atoms with van der Waals surface area (Å²) in [4.78, 5) is 28.0. The normalized spacial score (nSPS) is 9.89. The van der Waals surface area contributed by atoms with Crippen molar-refractivity contribution < 1.29 is 14.3 Å². The van der Waals surface area contributed by atoms with Crippen molar-refractivity contribution in [3.05, 3.63) is 17.8 Å². The van der Waals surface area contributed by atoms with Gasteiger partial charge in [-0.1, -0.05) is 0 Å². The van der Waals surface area contributed by atoms with Crippen LogP contribution in [-0.2, 0) is 9.53 Å². The van der Waals surface area contributed by atoms with Crippen LogP contribution in [0.15, 0.2) is 12.1 Å². The van der Waals surface area contributed by atoms with Gasteiger partial charge < -0.3 is 21.1 Å². The number of ether oxygens (including phenoxy) is 1. The Kier molecular flexibility index (Phi) is 4.47. The molecule has 1 amide bonds. The molecule has 0 aliphatic carbocycles. The molecule has 0 atom stereocenters. The van der Waals surface area contributed by atoms with E-state index in [1.54, 1.807) is 4.90 Å². The number of nitrogen functional groups attached to an aromatic ring is 1. The van der Waals surface area contributed by atoms with Crippen molar-refractivity contribution in [3.63, 3.8) is 0 Å². The molecule has 0 bridgehead atoms. The number of aromatic nitrogens is 1. The molecule has 0 unspecified atom stereocenters. The molecular weight excluding hydrogens is 236 g/mol. The van der Waals surface area contributed by atoms with E-state index in [0.29, 0.717) is 18.1 Å². The van der Waals surface area contributed by atoms with E-state index >= 15 is 0 Å². The van der Waals surface area contributed by atoms with Gasteiger partial charge in [0.25, 0.3) is 0 Å². The third-order valence-corrected chi connectivity index (χ3v) is 2.33. The second-order valence-corrected chi connectivity index (χ2v) is 3.58. The van der Waals surface area contributed by atoms with E-state index in [4.69, 9.17) is 11.5 Å². The highest BCUT2D eigenvalue weighted by Gasteiger charge is 2.16. The topological polar surface area (TPSA) is 112 Å². The molecule has 7 heteroatoms. The maximum atomic E-state index is 11.4. The average molecular weight is 252 g/mol. The number of nitrogens with zero attached hydrogens (tertiary/aromatic N) is 2. The Balaban J connectivity index is 3.12. The molecule has 1 aromatic heterocycles. The second-order valence-electron chi connectivity index (χ2n) is 3.58. The van der Waals surface area contributed by atoms with Gasteiger partial charge in [0.1, 0.15) is 0 Å². The molecule has 0 radical (unpaired) electrons. The zero-order valence-electron chi connectivity index (χ0n) is 10.3. The predicted octanol–water partition coefficient (Wildman–Crippen LogP) is -0.238. The van der Waals surface area contributed by atoms with Gasteiger partial charge >= 0.3 is 5.97 Å². The summed E-state index contributed by atoms with van der Waals surface area (Å²) >= 11 is 0. The zero-order valence-corrected chi connectivity index (χ0v) is 10.3. The van der Waals surface area contributed by atoms with Gasteiger partial charge in [-0.05, 0) is 19.1 Å². The Morgan fingerprint density at radius 1 is 1.44 bits per heavy atom. The molecule has 98 valence electrons. The molecule has 0 aliphatic rings. The third-order valence-electron chi connectivity index (χ3n) is 2.33. The Bertz CT molecular complexity index is 462. The van der Waals surface area contributed by atoms with Gasteiger partial charge in [0.05, 0.1) is 19.3 Å². The van der Waals surface area contributed by atoms with Crippen LogP contribution in [0.5, 0.6) is 0 Å². The Hall–Kier alpha value is -2.31. The average Bonchev–Trinajstić information content (AvgIpc) is 2.35. The van der Waals surface area contributed by atoms with Gasteiger partial charge in [-0.3, -0.25) is 4.79 Å². The molecule has 1 aromatic rings. The van der Waals surface area contributed by atoms with Crippen molar-refractivity contribution in [2.24, 2.45) is 5.73 Å². The van der Waals surface area contributed by atoms with Crippen LogP contribution >= 0.6 is 0 Å². The molecule has 0 saturated carbocycles. The zero-order chi connectivity index (χ0) is 13.7. The second kappa shape index (κ2) is 5.85. The highest BCUT2D eigenvalue weighted by molar-refractivity contribution is 5.89. The standard InChI is InChI=1S/C11H16N4O3/c1-3-15(6-9(13)16)10-7(12)4-5-8(14-10)11(17)18-2/h4-5H,3,6,12H2,1-2H3,(H2,13,16). The van der Waals surface area contributed by atoms with Crippen molar-refractivity contribution in [2.45, 2.75) is 6.92 Å². The molecule has 1 rings (SSSR count). The number of nitrogens with two attached hydrogens (primary N) is 2. The first kappa shape index (κ1) is 13.8. The molecule has 7 nitrogen and oxygen atoms in total. The summed E-state index contributed by atoms with van der Waals surface area (Å²) in [5.41, 5.74) is 11.4. The van der Waals surface area contributed by atoms with E-state index in [1.165, 1.54) is 19.2 Å². The van der Waals surface area contributed by atoms with Crippen LogP contribution in [-0.4, -0.2) is 37.1 Å². The van der Waals surface area contributed by atoms with Crippen LogP contribution in [0.4, 0.5) is 11.5 Å². The molecule has 0 aliphatic heterocycles. The first-order chi connectivity index (χ1) is 8.49. The molecule has 1 heterocycles. The number of hydrogen-bond donors (Lipinski definition) is 2. The van der Waals surface area contributed by atoms with Crippen molar-refractivity contribution in [1.82, 2.24) is 4.98 Å². The lowest BCUT2D eigenvalue weighted by Gasteiger charge is -2.21. The maximum Gasteiger partial charge on any atom is 0.356 e. The lowest BCUT2D eigenvalue weighted by atomic mass is 10.3. The summed E-state index contributed by atoms with van der Waals surface area (Å²) in [5.74, 6) is -0.716. The number of hydrogen-bond acceptors (Lipinski definition) is 6. The number of esters is 1. The van der Waals surface area contributed by atoms with E-state index < -0.39 is 11.9 Å². The number of anilines is 2. The number of amides is 1. The summed E-state index contributed by atoms with van der Waals surface area (Å²) < 4.78 is 4.57. The van der Waals surface area contributed by atoms with Crippen LogP contribution in [0, 0.1) is 0 Å². The lowest BCUT2D eigenvalue weighted by Crippen LogP contribution is -2.35. The van der Waals surface area contributed by atoms with Crippen molar-refractivity contribution in [1.29, 1.82) is 0 Å². The minimum absolute atomic E-state index is 0.0155. The number of methoxy groups -OCH3 is 1. The van der Waals surface area contributed by atoms with Gasteiger partial charge in [-0.2, -0.15) is 0 Å². The van der Waals surface area contributed by atoms with Crippen molar-refractivity contribution in [2.75, 3.05) is 30.8 Å². The Labute approximate surface area is 105 Å². The first-order valence-electron chi connectivity index (χ1n) is 5.37. The fourth-order valence-corrected chi connectivity index (χ4v) is 1.46. The Morgan fingerprint density at radius 3 is 2.61 bits per heavy atom. The fourth-order valence-electron chi connectivity index (χ4n) is 1.46. The maximum absolute atomic E-state index is 11.4. The van der Waals surface area contributed by atoms with Gasteiger partial charge in [0, 0.05) is 6.54 Å². The number of carbonyl (C=O) groups is 2. The van der Waals surface area contributed by atoms with E-state index in [2.05, 4.69) is 9.72 Å².